The monoisotopic (exact) mass is 267 g/mol. The van der Waals surface area contributed by atoms with E-state index in [-0.39, 0.29) is 5.91 Å². The molecule has 0 spiro atoms. The fourth-order valence-electron chi connectivity index (χ4n) is 1.59. The molecule has 1 amide bonds. The molecule has 0 aliphatic heterocycles. The second-order valence-electron chi connectivity index (χ2n) is 3.99. The van der Waals surface area contributed by atoms with E-state index in [4.69, 9.17) is 0 Å². The van der Waals surface area contributed by atoms with Crippen LogP contribution in [0.3, 0.4) is 0 Å². The number of thioether (sulfide) groups is 1. The van der Waals surface area contributed by atoms with Gasteiger partial charge in [0.2, 0.25) is 0 Å². The van der Waals surface area contributed by atoms with E-state index >= 15 is 0 Å². The van der Waals surface area contributed by atoms with E-state index in [1.807, 2.05) is 24.8 Å². The van der Waals surface area contributed by atoms with Crippen LogP contribution >= 0.6 is 11.8 Å². The van der Waals surface area contributed by atoms with Crippen molar-refractivity contribution in [1.29, 1.82) is 0 Å². The molecular formula is C13H21N3OS. The smallest absolute Gasteiger partial charge is 0.269 e. The van der Waals surface area contributed by atoms with Crippen LogP contribution in [-0.4, -0.2) is 35.5 Å². The van der Waals surface area contributed by atoms with E-state index in [1.165, 1.54) is 0 Å². The summed E-state index contributed by atoms with van der Waals surface area (Å²) in [5.74, 6) is 0.925. The SMILES string of the molecule is CCNC(=O)c1cc(NC(CC)CSC)ccn1. The molecule has 1 aromatic heterocycles. The van der Waals surface area contributed by atoms with Crippen LogP contribution < -0.4 is 10.6 Å². The standard InChI is InChI=1S/C13H21N3OS/c1-4-10(9-18-3)16-11-6-7-15-12(8-11)13(17)14-5-2/h6-8,10H,4-5,9H2,1-3H3,(H,14,17)(H,15,16). The number of carbonyl (C=O) groups excluding carboxylic acids is 1. The number of amides is 1. The lowest BCUT2D eigenvalue weighted by molar-refractivity contribution is 0.0951. The molecule has 1 heterocycles. The Bertz CT molecular complexity index is 384. The quantitative estimate of drug-likeness (QED) is 0.796. The number of hydrogen-bond acceptors (Lipinski definition) is 4. The highest BCUT2D eigenvalue weighted by Gasteiger charge is 2.09. The lowest BCUT2D eigenvalue weighted by atomic mass is 10.2. The van der Waals surface area contributed by atoms with Crippen molar-refractivity contribution in [3.63, 3.8) is 0 Å². The first kappa shape index (κ1) is 14.8. The number of anilines is 1. The van der Waals surface area contributed by atoms with Crippen LogP contribution in [0.4, 0.5) is 5.69 Å². The number of hydrogen-bond donors (Lipinski definition) is 2. The highest BCUT2D eigenvalue weighted by molar-refractivity contribution is 7.98. The molecule has 0 aliphatic carbocycles. The number of aromatic nitrogens is 1. The minimum atomic E-state index is -0.126. The summed E-state index contributed by atoms with van der Waals surface area (Å²) in [6.45, 7) is 4.66. The maximum atomic E-state index is 11.7. The molecule has 0 aliphatic rings. The van der Waals surface area contributed by atoms with E-state index in [0.29, 0.717) is 18.3 Å². The highest BCUT2D eigenvalue weighted by Crippen LogP contribution is 2.13. The molecule has 0 aromatic carbocycles. The Morgan fingerprint density at radius 3 is 2.89 bits per heavy atom. The Labute approximate surface area is 113 Å². The molecule has 4 nitrogen and oxygen atoms in total. The van der Waals surface area contributed by atoms with Crippen LogP contribution in [0.2, 0.25) is 0 Å². The molecule has 2 N–H and O–H groups in total. The summed E-state index contributed by atoms with van der Waals surface area (Å²) in [5.41, 5.74) is 1.41. The first-order valence-corrected chi connectivity index (χ1v) is 7.60. The Morgan fingerprint density at radius 2 is 2.28 bits per heavy atom. The van der Waals surface area contributed by atoms with Crippen LogP contribution in [0.15, 0.2) is 18.3 Å². The predicted molar refractivity (Wildman–Crippen MR) is 78.3 cm³/mol. The second-order valence-corrected chi connectivity index (χ2v) is 4.90. The molecule has 1 atom stereocenters. The first-order valence-electron chi connectivity index (χ1n) is 6.21. The average Bonchev–Trinajstić information content (AvgIpc) is 2.39. The number of nitrogens with zero attached hydrogens (tertiary/aromatic N) is 1. The molecule has 5 heteroatoms. The molecule has 0 fully saturated rings. The Balaban J connectivity index is 2.72. The molecule has 100 valence electrons. The molecule has 0 radical (unpaired) electrons. The van der Waals surface area contributed by atoms with Gasteiger partial charge in [-0.1, -0.05) is 6.92 Å². The zero-order valence-electron chi connectivity index (χ0n) is 11.2. The van der Waals surface area contributed by atoms with Crippen molar-refractivity contribution in [3.8, 4) is 0 Å². The molecular weight excluding hydrogens is 246 g/mol. The first-order chi connectivity index (χ1) is 8.71. The fourth-order valence-corrected chi connectivity index (χ4v) is 2.32. The van der Waals surface area contributed by atoms with Crippen molar-refractivity contribution in [2.45, 2.75) is 26.3 Å². The fraction of sp³-hybridized carbons (Fsp3) is 0.538. The second kappa shape index (κ2) is 7.97. The van der Waals surface area contributed by atoms with Gasteiger partial charge in [-0.15, -0.1) is 0 Å². The van der Waals surface area contributed by atoms with Crippen molar-refractivity contribution >= 4 is 23.4 Å². The largest absolute Gasteiger partial charge is 0.381 e. The lowest BCUT2D eigenvalue weighted by Crippen LogP contribution is -2.25. The molecule has 1 aromatic rings. The van der Waals surface area contributed by atoms with Gasteiger partial charge in [-0.3, -0.25) is 9.78 Å². The number of nitrogens with one attached hydrogen (secondary N) is 2. The van der Waals surface area contributed by atoms with Crippen LogP contribution in [0.25, 0.3) is 0 Å². The third kappa shape index (κ3) is 4.56. The zero-order valence-corrected chi connectivity index (χ0v) is 12.0. The van der Waals surface area contributed by atoms with Gasteiger partial charge in [-0.2, -0.15) is 11.8 Å². The summed E-state index contributed by atoms with van der Waals surface area (Å²) in [6.07, 6.45) is 4.81. The molecule has 0 saturated heterocycles. The van der Waals surface area contributed by atoms with E-state index in [1.54, 1.807) is 12.3 Å². The van der Waals surface area contributed by atoms with Crippen molar-refractivity contribution in [3.05, 3.63) is 24.0 Å². The minimum Gasteiger partial charge on any atom is -0.381 e. The van der Waals surface area contributed by atoms with Crippen LogP contribution in [-0.2, 0) is 0 Å². The van der Waals surface area contributed by atoms with Gasteiger partial charge in [-0.25, -0.2) is 0 Å². The van der Waals surface area contributed by atoms with Crippen LogP contribution in [0, 0.1) is 0 Å². The molecule has 18 heavy (non-hydrogen) atoms. The van der Waals surface area contributed by atoms with Crippen molar-refractivity contribution in [1.82, 2.24) is 10.3 Å². The Kier molecular flexibility index (Phi) is 6.57. The maximum Gasteiger partial charge on any atom is 0.269 e. The van der Waals surface area contributed by atoms with Gasteiger partial charge in [0.25, 0.3) is 5.91 Å². The average molecular weight is 267 g/mol. The topological polar surface area (TPSA) is 54.0 Å². The zero-order chi connectivity index (χ0) is 13.4. The molecule has 0 bridgehead atoms. The van der Waals surface area contributed by atoms with Crippen LogP contribution in [0.1, 0.15) is 30.8 Å². The third-order valence-electron chi connectivity index (χ3n) is 2.56. The van der Waals surface area contributed by atoms with Crippen molar-refractivity contribution in [2.24, 2.45) is 0 Å². The van der Waals surface area contributed by atoms with E-state index in [2.05, 4.69) is 28.8 Å². The minimum absolute atomic E-state index is 0.126. The lowest BCUT2D eigenvalue weighted by Gasteiger charge is -2.17. The summed E-state index contributed by atoms with van der Waals surface area (Å²) in [7, 11) is 0. The Hall–Kier alpha value is -1.23. The van der Waals surface area contributed by atoms with Gasteiger partial charge in [-0.05, 0) is 31.7 Å². The molecule has 0 saturated carbocycles. The van der Waals surface area contributed by atoms with Gasteiger partial charge in [0.05, 0.1) is 0 Å². The maximum absolute atomic E-state index is 11.7. The third-order valence-corrected chi connectivity index (χ3v) is 3.30. The highest BCUT2D eigenvalue weighted by atomic mass is 32.2. The van der Waals surface area contributed by atoms with Gasteiger partial charge in [0.1, 0.15) is 5.69 Å². The predicted octanol–water partition coefficient (Wildman–Crippen LogP) is 2.38. The number of pyridine rings is 1. The number of rotatable bonds is 7. The summed E-state index contributed by atoms with van der Waals surface area (Å²) in [6, 6.07) is 4.11. The van der Waals surface area contributed by atoms with E-state index in [9.17, 15) is 4.79 Å². The van der Waals surface area contributed by atoms with Gasteiger partial charge in [0.15, 0.2) is 0 Å². The summed E-state index contributed by atoms with van der Waals surface area (Å²) in [5, 5.41) is 6.17. The molecule has 1 unspecified atom stereocenters. The van der Waals surface area contributed by atoms with Crippen molar-refractivity contribution in [2.75, 3.05) is 23.9 Å². The number of carbonyl (C=O) groups is 1. The van der Waals surface area contributed by atoms with Crippen molar-refractivity contribution < 1.29 is 4.79 Å². The summed E-state index contributed by atoms with van der Waals surface area (Å²) in [4.78, 5) is 15.8. The normalized spacial score (nSPS) is 11.9. The van der Waals surface area contributed by atoms with Gasteiger partial charge < -0.3 is 10.6 Å². The molecule has 1 rings (SSSR count). The van der Waals surface area contributed by atoms with E-state index < -0.39 is 0 Å². The van der Waals surface area contributed by atoms with E-state index in [0.717, 1.165) is 17.9 Å². The van der Waals surface area contributed by atoms with Gasteiger partial charge in [0, 0.05) is 30.2 Å². The summed E-state index contributed by atoms with van der Waals surface area (Å²) < 4.78 is 0. The van der Waals surface area contributed by atoms with Crippen LogP contribution in [0.5, 0.6) is 0 Å². The summed E-state index contributed by atoms with van der Waals surface area (Å²) >= 11 is 1.81. The van der Waals surface area contributed by atoms with Gasteiger partial charge >= 0.3 is 0 Å². The Morgan fingerprint density at radius 1 is 1.50 bits per heavy atom.